The zero-order chi connectivity index (χ0) is 16.1. The molecule has 0 saturated carbocycles. The van der Waals surface area contributed by atoms with Crippen LogP contribution in [0.5, 0.6) is 0 Å². The van der Waals surface area contributed by atoms with Crippen molar-refractivity contribution in [2.45, 2.75) is 25.8 Å². The molecular formula is C18H20N4OS. The molecule has 2 aliphatic heterocycles. The number of thiazole rings is 1. The number of aromatic nitrogens is 2. The van der Waals surface area contributed by atoms with Gasteiger partial charge in [-0.3, -0.25) is 0 Å². The number of rotatable bonds is 2. The van der Waals surface area contributed by atoms with Crippen molar-refractivity contribution in [3.63, 3.8) is 0 Å². The van der Waals surface area contributed by atoms with Gasteiger partial charge in [-0.1, -0.05) is 6.07 Å². The summed E-state index contributed by atoms with van der Waals surface area (Å²) in [5.74, 6) is 0.803. The van der Waals surface area contributed by atoms with Gasteiger partial charge in [0.25, 0.3) is 6.01 Å². The number of nitrogens with zero attached hydrogens (tertiary/aromatic N) is 3. The first-order valence-corrected chi connectivity index (χ1v) is 9.44. The lowest BCUT2D eigenvalue weighted by Crippen LogP contribution is -2.38. The molecule has 2 aliphatic rings. The van der Waals surface area contributed by atoms with Gasteiger partial charge in [0.15, 0.2) is 5.58 Å². The fourth-order valence-electron chi connectivity index (χ4n) is 3.91. The number of aryl methyl sites for hydroxylation is 1. The second-order valence-electron chi connectivity index (χ2n) is 6.88. The van der Waals surface area contributed by atoms with Gasteiger partial charge in [-0.05, 0) is 43.9 Å². The fraction of sp³-hybridized carbons (Fsp3) is 0.444. The highest BCUT2D eigenvalue weighted by molar-refractivity contribution is 7.13. The summed E-state index contributed by atoms with van der Waals surface area (Å²) in [6, 6.07) is 5.52. The van der Waals surface area contributed by atoms with E-state index in [-0.39, 0.29) is 0 Å². The number of hydrogen-bond donors (Lipinski definition) is 1. The second kappa shape index (κ2) is 5.57. The monoisotopic (exact) mass is 340 g/mol. The van der Waals surface area contributed by atoms with Crippen molar-refractivity contribution in [2.75, 3.05) is 24.5 Å². The molecule has 2 aromatic heterocycles. The molecule has 24 heavy (non-hydrogen) atoms. The molecule has 3 aromatic rings. The number of oxazole rings is 1. The molecule has 2 bridgehead atoms. The van der Waals surface area contributed by atoms with Gasteiger partial charge in [0.1, 0.15) is 10.5 Å². The SMILES string of the molecule is Cc1ccc(-c2nccs2)c2oc(N3CCC4CNC(C4)C3)nc12. The lowest BCUT2D eigenvalue weighted by Gasteiger charge is -2.23. The Morgan fingerprint density at radius 1 is 1.38 bits per heavy atom. The van der Waals surface area contributed by atoms with E-state index in [1.807, 2.05) is 11.6 Å². The lowest BCUT2D eigenvalue weighted by molar-refractivity contribution is 0.507. The molecule has 2 fully saturated rings. The van der Waals surface area contributed by atoms with Crippen molar-refractivity contribution < 1.29 is 4.42 Å². The quantitative estimate of drug-likeness (QED) is 0.774. The fourth-order valence-corrected chi connectivity index (χ4v) is 4.57. The smallest absolute Gasteiger partial charge is 0.298 e. The van der Waals surface area contributed by atoms with Crippen LogP contribution in [0.15, 0.2) is 28.1 Å². The molecule has 0 spiro atoms. The molecule has 5 nitrogen and oxygen atoms in total. The van der Waals surface area contributed by atoms with Crippen molar-refractivity contribution in [3.8, 4) is 10.6 Å². The summed E-state index contributed by atoms with van der Waals surface area (Å²) in [7, 11) is 0. The van der Waals surface area contributed by atoms with E-state index < -0.39 is 0 Å². The van der Waals surface area contributed by atoms with E-state index in [9.17, 15) is 0 Å². The second-order valence-corrected chi connectivity index (χ2v) is 7.78. The summed E-state index contributed by atoms with van der Waals surface area (Å²) in [6.07, 6.45) is 4.32. The van der Waals surface area contributed by atoms with Crippen LogP contribution in [0.25, 0.3) is 21.7 Å². The predicted octanol–water partition coefficient (Wildman–Crippen LogP) is 3.45. The summed E-state index contributed by atoms with van der Waals surface area (Å²) in [5.41, 5.74) is 4.01. The van der Waals surface area contributed by atoms with Crippen LogP contribution in [0.2, 0.25) is 0 Å². The van der Waals surface area contributed by atoms with Crippen LogP contribution in [-0.4, -0.2) is 35.6 Å². The third-order valence-corrected chi connectivity index (χ3v) is 6.03. The predicted molar refractivity (Wildman–Crippen MR) is 96.6 cm³/mol. The van der Waals surface area contributed by atoms with Gasteiger partial charge < -0.3 is 14.6 Å². The standard InChI is InChI=1S/C18H20N4OS/c1-11-2-3-14(17-19-5-7-24-17)16-15(11)21-18(23-16)22-6-4-12-8-13(10-22)20-9-12/h2-3,5,7,12-13,20H,4,6,8-10H2,1H3. The van der Waals surface area contributed by atoms with Crippen molar-refractivity contribution in [2.24, 2.45) is 5.92 Å². The number of hydrogen-bond acceptors (Lipinski definition) is 6. The molecule has 6 heteroatoms. The van der Waals surface area contributed by atoms with Crippen LogP contribution in [0.4, 0.5) is 6.01 Å². The molecular weight excluding hydrogens is 320 g/mol. The van der Waals surface area contributed by atoms with E-state index >= 15 is 0 Å². The molecule has 2 saturated heterocycles. The number of benzene rings is 1. The van der Waals surface area contributed by atoms with Crippen LogP contribution in [0, 0.1) is 12.8 Å². The zero-order valence-corrected chi connectivity index (χ0v) is 14.5. The first-order chi connectivity index (χ1) is 11.8. The Kier molecular flexibility index (Phi) is 3.35. The molecule has 124 valence electrons. The molecule has 1 aromatic carbocycles. The average molecular weight is 340 g/mol. The summed E-state index contributed by atoms with van der Waals surface area (Å²) >= 11 is 1.63. The van der Waals surface area contributed by atoms with Crippen LogP contribution in [-0.2, 0) is 0 Å². The summed E-state index contributed by atoms with van der Waals surface area (Å²) in [6.45, 7) is 5.27. The van der Waals surface area contributed by atoms with Crippen molar-refractivity contribution in [1.82, 2.24) is 15.3 Å². The molecule has 4 heterocycles. The van der Waals surface area contributed by atoms with Crippen LogP contribution >= 0.6 is 11.3 Å². The first kappa shape index (κ1) is 14.4. The maximum Gasteiger partial charge on any atom is 0.298 e. The van der Waals surface area contributed by atoms with Crippen molar-refractivity contribution in [3.05, 3.63) is 29.3 Å². The summed E-state index contributed by atoms with van der Waals surface area (Å²) < 4.78 is 6.26. The van der Waals surface area contributed by atoms with E-state index in [1.54, 1.807) is 11.3 Å². The van der Waals surface area contributed by atoms with Gasteiger partial charge in [-0.25, -0.2) is 4.98 Å². The van der Waals surface area contributed by atoms with E-state index in [2.05, 4.69) is 34.3 Å². The minimum atomic E-state index is 0.562. The van der Waals surface area contributed by atoms with Crippen LogP contribution < -0.4 is 10.2 Å². The minimum Gasteiger partial charge on any atom is -0.423 e. The zero-order valence-electron chi connectivity index (χ0n) is 13.7. The Morgan fingerprint density at radius 3 is 3.21 bits per heavy atom. The molecule has 0 radical (unpaired) electrons. The molecule has 5 rings (SSSR count). The molecule has 0 amide bonds. The third kappa shape index (κ3) is 2.32. The van der Waals surface area contributed by atoms with Gasteiger partial charge in [0.2, 0.25) is 0 Å². The Hall–Kier alpha value is -1.92. The Labute approximate surface area is 144 Å². The molecule has 0 aliphatic carbocycles. The van der Waals surface area contributed by atoms with E-state index in [1.165, 1.54) is 19.4 Å². The number of nitrogens with one attached hydrogen (secondary N) is 1. The largest absolute Gasteiger partial charge is 0.423 e. The Morgan fingerprint density at radius 2 is 2.33 bits per heavy atom. The lowest BCUT2D eigenvalue weighted by atomic mass is 10.0. The Balaban J connectivity index is 1.58. The topological polar surface area (TPSA) is 54.2 Å². The average Bonchev–Trinajstić information content (AvgIpc) is 3.28. The summed E-state index contributed by atoms with van der Waals surface area (Å²) in [4.78, 5) is 11.6. The highest BCUT2D eigenvalue weighted by Crippen LogP contribution is 2.35. The normalized spacial score (nSPS) is 23.8. The van der Waals surface area contributed by atoms with Gasteiger partial charge in [-0.2, -0.15) is 4.98 Å². The van der Waals surface area contributed by atoms with E-state index in [0.717, 1.165) is 52.3 Å². The number of fused-ring (bicyclic) bond motifs is 3. The molecule has 2 atom stereocenters. The van der Waals surface area contributed by atoms with Gasteiger partial charge >= 0.3 is 0 Å². The summed E-state index contributed by atoms with van der Waals surface area (Å²) in [5, 5.41) is 6.60. The van der Waals surface area contributed by atoms with E-state index in [0.29, 0.717) is 6.04 Å². The third-order valence-electron chi connectivity index (χ3n) is 5.23. The van der Waals surface area contributed by atoms with Gasteiger partial charge in [-0.15, -0.1) is 11.3 Å². The first-order valence-electron chi connectivity index (χ1n) is 8.56. The van der Waals surface area contributed by atoms with Crippen LogP contribution in [0.3, 0.4) is 0 Å². The minimum absolute atomic E-state index is 0.562. The number of anilines is 1. The van der Waals surface area contributed by atoms with Crippen LogP contribution in [0.1, 0.15) is 18.4 Å². The highest BCUT2D eigenvalue weighted by atomic mass is 32.1. The Bertz CT molecular complexity index is 873. The molecule has 2 unspecified atom stereocenters. The maximum atomic E-state index is 6.26. The molecule has 1 N–H and O–H groups in total. The maximum absolute atomic E-state index is 6.26. The van der Waals surface area contributed by atoms with Crippen molar-refractivity contribution in [1.29, 1.82) is 0 Å². The highest BCUT2D eigenvalue weighted by Gasteiger charge is 2.31. The van der Waals surface area contributed by atoms with Gasteiger partial charge in [0, 0.05) is 30.7 Å². The van der Waals surface area contributed by atoms with E-state index in [4.69, 9.17) is 9.40 Å². The van der Waals surface area contributed by atoms with Gasteiger partial charge in [0.05, 0.1) is 5.56 Å². The van der Waals surface area contributed by atoms with Crippen molar-refractivity contribution >= 4 is 28.5 Å².